The number of carbonyl (C=O) groups excluding carboxylic acids is 1. The van der Waals surface area contributed by atoms with Crippen LogP contribution in [0.5, 0.6) is 11.5 Å². The van der Waals surface area contributed by atoms with Crippen molar-refractivity contribution in [1.82, 2.24) is 9.88 Å². The van der Waals surface area contributed by atoms with Gasteiger partial charge in [-0.05, 0) is 24.3 Å². The van der Waals surface area contributed by atoms with Gasteiger partial charge in [0.1, 0.15) is 12.2 Å². The van der Waals surface area contributed by atoms with E-state index in [1.54, 1.807) is 13.1 Å². The molecule has 22 heavy (non-hydrogen) atoms. The molecule has 0 spiro atoms. The summed E-state index contributed by atoms with van der Waals surface area (Å²) in [6.07, 6.45) is 1.22. The van der Waals surface area contributed by atoms with Crippen LogP contribution >= 0.6 is 0 Å². The molecule has 114 valence electrons. The van der Waals surface area contributed by atoms with E-state index in [1.165, 1.54) is 17.2 Å². The molecule has 2 heterocycles. The summed E-state index contributed by atoms with van der Waals surface area (Å²) in [7, 11) is 1.64. The summed E-state index contributed by atoms with van der Waals surface area (Å²) >= 11 is 0. The zero-order valence-electron chi connectivity index (χ0n) is 12.1. The first-order chi connectivity index (χ1) is 10.6. The molecule has 3 rings (SSSR count). The highest BCUT2D eigenvalue weighted by molar-refractivity contribution is 5.93. The van der Waals surface area contributed by atoms with Gasteiger partial charge in [0.05, 0.1) is 6.54 Å². The van der Waals surface area contributed by atoms with Crippen molar-refractivity contribution in [3.05, 3.63) is 58.5 Å². The Morgan fingerprint density at radius 3 is 2.82 bits per heavy atom. The van der Waals surface area contributed by atoms with E-state index in [1.807, 2.05) is 24.3 Å². The molecule has 1 aliphatic heterocycles. The molecule has 0 unspecified atom stereocenters. The van der Waals surface area contributed by atoms with Gasteiger partial charge in [0.25, 0.3) is 11.5 Å². The van der Waals surface area contributed by atoms with Crippen LogP contribution in [0.15, 0.2) is 47.4 Å². The third-order valence-electron chi connectivity index (χ3n) is 3.44. The SMILES string of the molecule is CN(C[C@H]1COc2ccccc2O1)C(=O)c1ccc[nH]c1=O. The average Bonchev–Trinajstić information content (AvgIpc) is 2.54. The molecule has 0 bridgehead atoms. The Balaban J connectivity index is 1.68. The van der Waals surface area contributed by atoms with Gasteiger partial charge < -0.3 is 19.4 Å². The topological polar surface area (TPSA) is 71.6 Å². The molecule has 1 atom stereocenters. The number of ether oxygens (including phenoxy) is 2. The largest absolute Gasteiger partial charge is 0.486 e. The molecule has 0 fully saturated rings. The minimum Gasteiger partial charge on any atom is -0.486 e. The molecule has 1 aromatic carbocycles. The Morgan fingerprint density at radius 1 is 1.27 bits per heavy atom. The molecule has 6 heteroatoms. The van der Waals surface area contributed by atoms with E-state index in [9.17, 15) is 9.59 Å². The number of aromatic nitrogens is 1. The second-order valence-electron chi connectivity index (χ2n) is 5.10. The molecular formula is C16H16N2O4. The molecule has 2 aromatic rings. The fourth-order valence-electron chi connectivity index (χ4n) is 2.34. The van der Waals surface area contributed by atoms with E-state index in [4.69, 9.17) is 9.47 Å². The Labute approximate surface area is 127 Å². The number of aromatic amines is 1. The van der Waals surface area contributed by atoms with E-state index in [0.29, 0.717) is 24.7 Å². The summed E-state index contributed by atoms with van der Waals surface area (Å²) in [6, 6.07) is 10.5. The third kappa shape index (κ3) is 2.81. The number of rotatable bonds is 3. The smallest absolute Gasteiger partial charge is 0.260 e. The molecule has 1 N–H and O–H groups in total. The first kappa shape index (κ1) is 14.2. The first-order valence-corrected chi connectivity index (χ1v) is 6.97. The number of pyridine rings is 1. The van der Waals surface area contributed by atoms with E-state index in [0.717, 1.165) is 0 Å². The second-order valence-corrected chi connectivity index (χ2v) is 5.10. The fraction of sp³-hybridized carbons (Fsp3) is 0.250. The van der Waals surface area contributed by atoms with Crippen LogP contribution in [-0.2, 0) is 0 Å². The van der Waals surface area contributed by atoms with Crippen molar-refractivity contribution in [2.45, 2.75) is 6.10 Å². The van der Waals surface area contributed by atoms with Crippen molar-refractivity contribution in [2.75, 3.05) is 20.2 Å². The lowest BCUT2D eigenvalue weighted by Gasteiger charge is -2.29. The van der Waals surface area contributed by atoms with Gasteiger partial charge in [-0.15, -0.1) is 0 Å². The number of fused-ring (bicyclic) bond motifs is 1. The van der Waals surface area contributed by atoms with Gasteiger partial charge in [0, 0.05) is 13.2 Å². The van der Waals surface area contributed by atoms with Crippen LogP contribution < -0.4 is 15.0 Å². The van der Waals surface area contributed by atoms with Crippen LogP contribution in [0, 0.1) is 0 Å². The van der Waals surface area contributed by atoms with Gasteiger partial charge in [0.15, 0.2) is 17.6 Å². The number of H-pyrrole nitrogens is 1. The molecule has 0 saturated heterocycles. The van der Waals surface area contributed by atoms with E-state index in [2.05, 4.69) is 4.98 Å². The highest BCUT2D eigenvalue weighted by atomic mass is 16.6. The standard InChI is InChI=1S/C16H16N2O4/c1-18(16(20)12-5-4-8-17-15(12)19)9-11-10-21-13-6-2-3-7-14(13)22-11/h2-8,11H,9-10H2,1H3,(H,17,19)/t11-/m0/s1. The van der Waals surface area contributed by atoms with Crippen molar-refractivity contribution in [3.63, 3.8) is 0 Å². The predicted molar refractivity (Wildman–Crippen MR) is 80.4 cm³/mol. The van der Waals surface area contributed by atoms with Gasteiger partial charge in [-0.2, -0.15) is 0 Å². The fourth-order valence-corrected chi connectivity index (χ4v) is 2.34. The maximum atomic E-state index is 12.3. The molecule has 1 aromatic heterocycles. The number of hydrogen-bond acceptors (Lipinski definition) is 4. The molecule has 1 amide bonds. The normalized spacial score (nSPS) is 16.1. The van der Waals surface area contributed by atoms with Crippen molar-refractivity contribution < 1.29 is 14.3 Å². The number of nitrogens with one attached hydrogen (secondary N) is 1. The predicted octanol–water partition coefficient (Wildman–Crippen LogP) is 1.29. The summed E-state index contributed by atoms with van der Waals surface area (Å²) in [4.78, 5) is 27.9. The molecule has 0 radical (unpaired) electrons. The Hall–Kier alpha value is -2.76. The zero-order valence-corrected chi connectivity index (χ0v) is 12.1. The zero-order chi connectivity index (χ0) is 15.5. The summed E-state index contributed by atoms with van der Waals surface area (Å²) < 4.78 is 11.4. The number of likely N-dealkylation sites (N-methyl/N-ethyl adjacent to an activating group) is 1. The second kappa shape index (κ2) is 5.93. The number of benzene rings is 1. The molecule has 1 aliphatic rings. The van der Waals surface area contributed by atoms with E-state index in [-0.39, 0.29) is 17.6 Å². The Bertz CT molecular complexity index is 741. The minimum atomic E-state index is -0.398. The van der Waals surface area contributed by atoms with Crippen molar-refractivity contribution >= 4 is 5.91 Å². The monoisotopic (exact) mass is 300 g/mol. The Kier molecular flexibility index (Phi) is 3.82. The number of amides is 1. The molecule has 6 nitrogen and oxygen atoms in total. The van der Waals surface area contributed by atoms with Gasteiger partial charge in [-0.1, -0.05) is 12.1 Å². The van der Waals surface area contributed by atoms with Crippen molar-refractivity contribution in [1.29, 1.82) is 0 Å². The number of para-hydroxylation sites is 2. The lowest BCUT2D eigenvalue weighted by molar-refractivity contribution is 0.0520. The van der Waals surface area contributed by atoms with Crippen LogP contribution in [0.25, 0.3) is 0 Å². The lowest BCUT2D eigenvalue weighted by atomic mass is 10.2. The summed E-state index contributed by atoms with van der Waals surface area (Å²) in [5, 5.41) is 0. The summed E-state index contributed by atoms with van der Waals surface area (Å²) in [5.41, 5.74) is -0.285. The first-order valence-electron chi connectivity index (χ1n) is 6.97. The molecular weight excluding hydrogens is 284 g/mol. The average molecular weight is 300 g/mol. The quantitative estimate of drug-likeness (QED) is 0.927. The number of nitrogens with zero attached hydrogens (tertiary/aromatic N) is 1. The maximum absolute atomic E-state index is 12.3. The van der Waals surface area contributed by atoms with Crippen molar-refractivity contribution in [3.8, 4) is 11.5 Å². The van der Waals surface area contributed by atoms with Gasteiger partial charge in [0.2, 0.25) is 0 Å². The number of carbonyl (C=O) groups is 1. The van der Waals surface area contributed by atoms with Crippen LogP contribution in [0.2, 0.25) is 0 Å². The highest BCUT2D eigenvalue weighted by Crippen LogP contribution is 2.30. The number of hydrogen-bond donors (Lipinski definition) is 1. The Morgan fingerprint density at radius 2 is 2.05 bits per heavy atom. The van der Waals surface area contributed by atoms with Crippen LogP contribution in [0.3, 0.4) is 0 Å². The third-order valence-corrected chi connectivity index (χ3v) is 3.44. The molecule has 0 aliphatic carbocycles. The summed E-state index contributed by atoms with van der Waals surface area (Å²) in [6.45, 7) is 0.696. The van der Waals surface area contributed by atoms with Crippen molar-refractivity contribution in [2.24, 2.45) is 0 Å². The van der Waals surface area contributed by atoms with E-state index >= 15 is 0 Å². The maximum Gasteiger partial charge on any atom is 0.260 e. The highest BCUT2D eigenvalue weighted by Gasteiger charge is 2.24. The lowest BCUT2D eigenvalue weighted by Crippen LogP contribution is -2.42. The van der Waals surface area contributed by atoms with Crippen LogP contribution in [-0.4, -0.2) is 42.1 Å². The van der Waals surface area contributed by atoms with Gasteiger partial charge in [-0.3, -0.25) is 9.59 Å². The minimum absolute atomic E-state index is 0.113. The van der Waals surface area contributed by atoms with Gasteiger partial charge in [-0.25, -0.2) is 0 Å². The summed E-state index contributed by atoms with van der Waals surface area (Å²) in [5.74, 6) is 1.02. The van der Waals surface area contributed by atoms with Crippen LogP contribution in [0.1, 0.15) is 10.4 Å². The van der Waals surface area contributed by atoms with E-state index < -0.39 is 5.56 Å². The molecule has 0 saturated carbocycles. The van der Waals surface area contributed by atoms with Crippen LogP contribution in [0.4, 0.5) is 0 Å². The van der Waals surface area contributed by atoms with Gasteiger partial charge >= 0.3 is 0 Å².